The van der Waals surface area contributed by atoms with E-state index in [-0.39, 0.29) is 65.5 Å². The van der Waals surface area contributed by atoms with Gasteiger partial charge in [0.15, 0.2) is 52.0 Å². The second-order valence-corrected chi connectivity index (χ2v) is 13.7. The van der Waals surface area contributed by atoms with E-state index in [2.05, 4.69) is 9.97 Å². The van der Waals surface area contributed by atoms with Crippen LogP contribution >= 0.6 is 11.3 Å². The fourth-order valence-electron chi connectivity index (χ4n) is 6.66. The number of fused-ring (bicyclic) bond motifs is 3. The van der Waals surface area contributed by atoms with Gasteiger partial charge in [-0.05, 0) is 25.0 Å². The fraction of sp³-hybridized carbons (Fsp3) is 0.0488. The van der Waals surface area contributed by atoms with Crippen LogP contribution in [0.1, 0.15) is 11.1 Å². The van der Waals surface area contributed by atoms with Gasteiger partial charge in [0.2, 0.25) is 5.75 Å². The van der Waals surface area contributed by atoms with Crippen LogP contribution in [-0.2, 0) is 0 Å². The summed E-state index contributed by atoms with van der Waals surface area (Å²) in [5, 5.41) is 100. The number of aromatic hydroxyl groups is 9. The Labute approximate surface area is 309 Å². The van der Waals surface area contributed by atoms with Crippen LogP contribution in [0, 0.1) is 13.8 Å². The number of thiophene rings is 1. The standard InChI is InChI=1S/C41H29N3O9S/c1-17-23(30(47)29(46)18(2)28(17)45)24-32(49)36(53)33(50)25-26-31(48)34(51)27(35(52)38(26)54-37(24)25)41-43-39(21-11-7-4-8-12-21)42-40(44-41)22-15-13-20(14-16-22)19-9-5-3-6-10-19/h3-16,45-53H,1-2H3. The maximum atomic E-state index is 11.9. The highest BCUT2D eigenvalue weighted by molar-refractivity contribution is 7.27. The first-order chi connectivity index (χ1) is 25.9. The smallest absolute Gasteiger partial charge is 0.201 e. The van der Waals surface area contributed by atoms with Gasteiger partial charge in [-0.25, -0.2) is 15.0 Å². The van der Waals surface area contributed by atoms with E-state index in [0.717, 1.165) is 11.1 Å². The maximum absolute atomic E-state index is 11.9. The normalized spacial score (nSPS) is 11.4. The summed E-state index contributed by atoms with van der Waals surface area (Å²) in [5.74, 6) is -6.93. The van der Waals surface area contributed by atoms with Crippen molar-refractivity contribution in [2.24, 2.45) is 0 Å². The van der Waals surface area contributed by atoms with Gasteiger partial charge in [-0.1, -0.05) is 84.9 Å². The number of aromatic nitrogens is 3. The Balaban J connectivity index is 1.40. The van der Waals surface area contributed by atoms with E-state index in [1.54, 1.807) is 24.3 Å². The quantitative estimate of drug-likeness (QED) is 0.0599. The zero-order chi connectivity index (χ0) is 38.2. The number of hydrogen-bond acceptors (Lipinski definition) is 13. The second-order valence-electron chi connectivity index (χ2n) is 12.6. The highest BCUT2D eigenvalue weighted by Crippen LogP contribution is 2.62. The molecule has 54 heavy (non-hydrogen) atoms. The molecule has 0 atom stereocenters. The van der Waals surface area contributed by atoms with E-state index in [1.165, 1.54) is 13.8 Å². The molecule has 0 spiro atoms. The first-order valence-corrected chi connectivity index (χ1v) is 17.2. The summed E-state index contributed by atoms with van der Waals surface area (Å²) in [5.41, 5.74) is 2.07. The summed E-state index contributed by atoms with van der Waals surface area (Å²) in [4.78, 5) is 13.9. The summed E-state index contributed by atoms with van der Waals surface area (Å²) in [7, 11) is 0. The Bertz CT molecular complexity index is 2800. The van der Waals surface area contributed by atoms with Crippen molar-refractivity contribution in [2.75, 3.05) is 0 Å². The molecule has 12 nitrogen and oxygen atoms in total. The molecule has 0 aliphatic heterocycles. The predicted octanol–water partition coefficient (Wildman–Crippen LogP) is 8.54. The van der Waals surface area contributed by atoms with Crippen molar-refractivity contribution in [1.82, 2.24) is 15.0 Å². The zero-order valence-electron chi connectivity index (χ0n) is 28.4. The van der Waals surface area contributed by atoms with Gasteiger partial charge in [-0.15, -0.1) is 11.3 Å². The Kier molecular flexibility index (Phi) is 7.81. The van der Waals surface area contributed by atoms with Crippen molar-refractivity contribution in [3.8, 4) is 108 Å². The van der Waals surface area contributed by atoms with Crippen molar-refractivity contribution in [1.29, 1.82) is 0 Å². The lowest BCUT2D eigenvalue weighted by Crippen LogP contribution is -2.00. The van der Waals surface area contributed by atoms with Crippen LogP contribution in [0.2, 0.25) is 0 Å². The fourth-order valence-corrected chi connectivity index (χ4v) is 7.96. The van der Waals surface area contributed by atoms with Crippen LogP contribution in [0.5, 0.6) is 51.7 Å². The molecule has 0 fully saturated rings. The van der Waals surface area contributed by atoms with E-state index in [9.17, 15) is 46.0 Å². The van der Waals surface area contributed by atoms with Gasteiger partial charge in [0.25, 0.3) is 0 Å². The summed E-state index contributed by atoms with van der Waals surface area (Å²) in [6, 6.07) is 26.2. The maximum Gasteiger partial charge on any atom is 0.201 e. The molecule has 2 heterocycles. The highest BCUT2D eigenvalue weighted by Gasteiger charge is 2.33. The molecule has 0 saturated carbocycles. The first kappa shape index (κ1) is 33.9. The molecule has 0 radical (unpaired) electrons. The van der Waals surface area contributed by atoms with E-state index < -0.39 is 51.7 Å². The lowest BCUT2D eigenvalue weighted by molar-refractivity contribution is 0.371. The third-order valence-corrected chi connectivity index (χ3v) is 10.7. The summed E-state index contributed by atoms with van der Waals surface area (Å²) in [6.45, 7) is 2.76. The lowest BCUT2D eigenvalue weighted by Gasteiger charge is -2.17. The molecule has 9 N–H and O–H groups in total. The molecule has 0 bridgehead atoms. The Hall–Kier alpha value is -7.25. The van der Waals surface area contributed by atoms with Gasteiger partial charge in [0.05, 0.1) is 20.2 Å². The van der Waals surface area contributed by atoms with E-state index in [1.807, 2.05) is 60.7 Å². The Morgan fingerprint density at radius 2 is 0.796 bits per heavy atom. The van der Waals surface area contributed by atoms with Crippen LogP contribution in [0.4, 0.5) is 0 Å². The number of nitrogens with zero attached hydrogens (tertiary/aromatic N) is 3. The monoisotopic (exact) mass is 739 g/mol. The molecule has 6 aromatic carbocycles. The molecule has 0 saturated heterocycles. The van der Waals surface area contributed by atoms with Gasteiger partial charge in [-0.2, -0.15) is 0 Å². The van der Waals surface area contributed by atoms with Crippen molar-refractivity contribution in [3.63, 3.8) is 0 Å². The zero-order valence-corrected chi connectivity index (χ0v) is 29.2. The van der Waals surface area contributed by atoms with E-state index >= 15 is 0 Å². The highest BCUT2D eigenvalue weighted by atomic mass is 32.1. The Morgan fingerprint density at radius 1 is 0.352 bits per heavy atom. The van der Waals surface area contributed by atoms with Gasteiger partial charge >= 0.3 is 0 Å². The molecule has 0 aliphatic rings. The minimum absolute atomic E-state index is 0.00174. The van der Waals surface area contributed by atoms with E-state index in [4.69, 9.17) is 4.98 Å². The largest absolute Gasteiger partial charge is 0.507 e. The van der Waals surface area contributed by atoms with Crippen molar-refractivity contribution < 1.29 is 46.0 Å². The van der Waals surface area contributed by atoms with Crippen LogP contribution in [-0.4, -0.2) is 60.9 Å². The molecule has 2 aromatic heterocycles. The van der Waals surface area contributed by atoms with E-state index in [0.29, 0.717) is 22.5 Å². The third kappa shape index (κ3) is 5.01. The molecule has 8 rings (SSSR count). The van der Waals surface area contributed by atoms with Gasteiger partial charge < -0.3 is 46.0 Å². The number of benzene rings is 6. The molecule has 0 aliphatic carbocycles. The van der Waals surface area contributed by atoms with Crippen molar-refractivity contribution in [3.05, 3.63) is 96.1 Å². The lowest BCUT2D eigenvalue weighted by atomic mass is 9.92. The van der Waals surface area contributed by atoms with Crippen LogP contribution in [0.25, 0.3) is 76.6 Å². The number of phenols is 9. The van der Waals surface area contributed by atoms with Crippen molar-refractivity contribution >= 4 is 31.5 Å². The summed E-state index contributed by atoms with van der Waals surface area (Å²) < 4.78 is -0.231. The molecule has 13 heteroatoms. The first-order valence-electron chi connectivity index (χ1n) is 16.4. The minimum atomic E-state index is -1.06. The summed E-state index contributed by atoms with van der Waals surface area (Å²) in [6.07, 6.45) is 0. The van der Waals surface area contributed by atoms with Gasteiger partial charge in [0.1, 0.15) is 17.1 Å². The molecular weight excluding hydrogens is 711 g/mol. The predicted molar refractivity (Wildman–Crippen MR) is 204 cm³/mol. The average molecular weight is 740 g/mol. The van der Waals surface area contributed by atoms with Crippen LogP contribution < -0.4 is 0 Å². The second kappa shape index (κ2) is 12.5. The molecule has 0 amide bonds. The average Bonchev–Trinajstić information content (AvgIpc) is 3.60. The topological polar surface area (TPSA) is 221 Å². The molecular formula is C41H29N3O9S. The molecule has 0 unspecified atom stereocenters. The number of rotatable bonds is 5. The van der Waals surface area contributed by atoms with Crippen LogP contribution in [0.3, 0.4) is 0 Å². The number of hydrogen-bond donors (Lipinski definition) is 9. The van der Waals surface area contributed by atoms with Gasteiger partial charge in [-0.3, -0.25) is 0 Å². The minimum Gasteiger partial charge on any atom is -0.507 e. The molecule has 268 valence electrons. The van der Waals surface area contributed by atoms with Crippen LogP contribution in [0.15, 0.2) is 84.9 Å². The molecule has 8 aromatic rings. The van der Waals surface area contributed by atoms with Gasteiger partial charge in [0, 0.05) is 33.4 Å². The summed E-state index contributed by atoms with van der Waals surface area (Å²) >= 11 is 0.715. The number of phenolic OH excluding ortho intramolecular Hbond substituents is 9. The third-order valence-electron chi connectivity index (χ3n) is 9.50. The Morgan fingerprint density at radius 3 is 1.41 bits per heavy atom. The SMILES string of the molecule is Cc1c(O)c(C)c(-c2c(O)c(O)c(O)c3c2sc2c(O)c(-c4nc(-c5ccccc5)nc(-c5ccc(-c6ccccc6)cc5)n4)c(O)c(O)c23)c(O)c1O. The van der Waals surface area contributed by atoms with Crippen molar-refractivity contribution in [2.45, 2.75) is 13.8 Å².